The molecule has 4 heterocycles. The van der Waals surface area contributed by atoms with E-state index in [0.717, 1.165) is 32.1 Å². The number of nitrogens with one attached hydrogen (secondary N) is 2. The van der Waals surface area contributed by atoms with E-state index in [0.29, 0.717) is 44.7 Å². The van der Waals surface area contributed by atoms with Gasteiger partial charge in [-0.2, -0.15) is 0 Å². The van der Waals surface area contributed by atoms with Crippen LogP contribution in [0.4, 0.5) is 0 Å². The van der Waals surface area contributed by atoms with Crippen molar-refractivity contribution in [1.82, 2.24) is 25.4 Å². The Kier molecular flexibility index (Phi) is 7.48. The number of aromatic nitrogens is 1. The van der Waals surface area contributed by atoms with E-state index in [1.54, 1.807) is 36.2 Å². The van der Waals surface area contributed by atoms with Crippen molar-refractivity contribution in [1.29, 1.82) is 0 Å². The number of carbonyl (C=O) groups is 4. The third kappa shape index (κ3) is 5.39. The average molecular weight is 470 g/mol. The van der Waals surface area contributed by atoms with E-state index in [1.165, 1.54) is 0 Å². The summed E-state index contributed by atoms with van der Waals surface area (Å²) in [5.41, 5.74) is -0.155. The minimum absolute atomic E-state index is 0.0363. The zero-order chi connectivity index (χ0) is 24.1. The fraction of sp³-hybridized carbons (Fsp3) is 0.640. The number of hydrogen-bond acceptors (Lipinski definition) is 5. The van der Waals surface area contributed by atoms with Crippen LogP contribution in [0.1, 0.15) is 62.4 Å². The number of rotatable bonds is 1. The van der Waals surface area contributed by atoms with Crippen LogP contribution in [0.2, 0.25) is 0 Å². The largest absolute Gasteiger partial charge is 0.351 e. The molecule has 0 aromatic carbocycles. The van der Waals surface area contributed by atoms with Crippen LogP contribution in [0.5, 0.6) is 0 Å². The Labute approximate surface area is 200 Å². The molecule has 2 N–H and O–H groups in total. The number of fused-ring (bicyclic) bond motifs is 1. The molecule has 184 valence electrons. The number of likely N-dealkylation sites (tertiary alicyclic amines) is 2. The molecule has 4 rings (SSSR count). The molecular formula is C25H35N5O4. The maximum absolute atomic E-state index is 13.2. The van der Waals surface area contributed by atoms with Crippen LogP contribution < -0.4 is 10.6 Å². The van der Waals surface area contributed by atoms with Gasteiger partial charge in [0.05, 0.1) is 12.0 Å². The standard InChI is InChI=1S/C25H35N5O4/c1-18(31)30-13-8-20-19(17-30)6-2-4-9-25(24(34)27-16-22(32)28-20)10-14-29(15-11-25)23(33)21-7-3-5-12-26-21/h3,5,7,12,19-20H,2,4,6,8-11,13-17H2,1H3,(H,27,34)(H,28,32)/t19-,20+/m0/s1. The van der Waals surface area contributed by atoms with Crippen LogP contribution in [0, 0.1) is 11.3 Å². The molecule has 3 aliphatic heterocycles. The molecule has 1 aromatic rings. The fourth-order valence-electron chi connectivity index (χ4n) is 5.66. The van der Waals surface area contributed by atoms with Crippen LogP contribution in [0.15, 0.2) is 24.4 Å². The zero-order valence-electron chi connectivity index (χ0n) is 19.9. The van der Waals surface area contributed by atoms with Crippen molar-refractivity contribution in [3.63, 3.8) is 0 Å². The van der Waals surface area contributed by atoms with Gasteiger partial charge in [0.15, 0.2) is 0 Å². The summed E-state index contributed by atoms with van der Waals surface area (Å²) in [7, 11) is 0. The molecule has 0 unspecified atom stereocenters. The van der Waals surface area contributed by atoms with Crippen LogP contribution >= 0.6 is 0 Å². The van der Waals surface area contributed by atoms with Crippen LogP contribution in [-0.4, -0.2) is 77.2 Å². The first-order valence-corrected chi connectivity index (χ1v) is 12.4. The van der Waals surface area contributed by atoms with Gasteiger partial charge in [-0.1, -0.05) is 18.9 Å². The predicted octanol–water partition coefficient (Wildman–Crippen LogP) is 1.35. The number of carbonyl (C=O) groups excluding carboxylic acids is 4. The number of amides is 4. The van der Waals surface area contributed by atoms with Crippen molar-refractivity contribution in [2.45, 2.75) is 57.9 Å². The fourth-order valence-corrected chi connectivity index (χ4v) is 5.66. The molecule has 4 amide bonds. The summed E-state index contributed by atoms with van der Waals surface area (Å²) >= 11 is 0. The van der Waals surface area contributed by atoms with E-state index in [2.05, 4.69) is 15.6 Å². The van der Waals surface area contributed by atoms with E-state index in [-0.39, 0.29) is 42.1 Å². The van der Waals surface area contributed by atoms with Crippen molar-refractivity contribution >= 4 is 23.6 Å². The van der Waals surface area contributed by atoms with E-state index < -0.39 is 5.41 Å². The summed E-state index contributed by atoms with van der Waals surface area (Å²) in [4.78, 5) is 58.3. The lowest BCUT2D eigenvalue weighted by Crippen LogP contribution is -2.55. The van der Waals surface area contributed by atoms with Gasteiger partial charge in [-0.25, -0.2) is 0 Å². The lowest BCUT2D eigenvalue weighted by Gasteiger charge is -2.42. The van der Waals surface area contributed by atoms with Gasteiger partial charge in [0.25, 0.3) is 5.91 Å². The molecule has 1 spiro atoms. The molecule has 9 nitrogen and oxygen atoms in total. The van der Waals surface area contributed by atoms with Gasteiger partial charge in [-0.15, -0.1) is 0 Å². The van der Waals surface area contributed by atoms with Gasteiger partial charge in [0.1, 0.15) is 5.69 Å². The van der Waals surface area contributed by atoms with Gasteiger partial charge in [-0.05, 0) is 50.2 Å². The van der Waals surface area contributed by atoms with Crippen molar-refractivity contribution in [2.75, 3.05) is 32.7 Å². The summed E-state index contributed by atoms with van der Waals surface area (Å²) in [5.74, 6) is -0.0735. The molecule has 0 aliphatic carbocycles. The third-order valence-corrected chi connectivity index (χ3v) is 7.79. The highest BCUT2D eigenvalue weighted by molar-refractivity contribution is 5.93. The first-order valence-electron chi connectivity index (χ1n) is 12.4. The highest BCUT2D eigenvalue weighted by atomic mass is 16.2. The molecule has 0 radical (unpaired) electrons. The lowest BCUT2D eigenvalue weighted by molar-refractivity contribution is -0.137. The second-order valence-corrected chi connectivity index (χ2v) is 9.90. The molecular weight excluding hydrogens is 434 g/mol. The maximum Gasteiger partial charge on any atom is 0.272 e. The number of nitrogens with zero attached hydrogens (tertiary/aromatic N) is 3. The highest BCUT2D eigenvalue weighted by Crippen LogP contribution is 2.38. The topological polar surface area (TPSA) is 112 Å². The molecule has 3 aliphatic rings. The Morgan fingerprint density at radius 2 is 1.82 bits per heavy atom. The van der Waals surface area contributed by atoms with Crippen molar-refractivity contribution in [3.8, 4) is 0 Å². The van der Waals surface area contributed by atoms with Crippen molar-refractivity contribution in [3.05, 3.63) is 30.1 Å². The SMILES string of the molecule is CC(=O)N1CC[C@H]2NC(=O)CNC(=O)C3(CCCC[C@H]2C1)CCN(C(=O)c1ccccn1)CC3. The number of pyridine rings is 1. The molecule has 34 heavy (non-hydrogen) atoms. The Morgan fingerprint density at radius 3 is 2.53 bits per heavy atom. The average Bonchev–Trinajstić information content (AvgIpc) is 2.85. The van der Waals surface area contributed by atoms with E-state index in [1.807, 2.05) is 4.90 Å². The summed E-state index contributed by atoms with van der Waals surface area (Å²) in [6, 6.07) is 5.32. The molecule has 2 atom stereocenters. The zero-order valence-corrected chi connectivity index (χ0v) is 19.9. The van der Waals surface area contributed by atoms with Gasteiger partial charge >= 0.3 is 0 Å². The maximum atomic E-state index is 13.2. The van der Waals surface area contributed by atoms with Gasteiger partial charge in [-0.3, -0.25) is 24.2 Å². The normalized spacial score (nSPS) is 25.9. The highest BCUT2D eigenvalue weighted by Gasteiger charge is 2.42. The van der Waals surface area contributed by atoms with Crippen LogP contribution in [0.3, 0.4) is 0 Å². The Balaban J connectivity index is 1.41. The first-order chi connectivity index (χ1) is 16.4. The predicted molar refractivity (Wildman–Crippen MR) is 126 cm³/mol. The number of hydrogen-bond donors (Lipinski definition) is 2. The van der Waals surface area contributed by atoms with Crippen LogP contribution in [0.25, 0.3) is 0 Å². The van der Waals surface area contributed by atoms with Crippen LogP contribution in [-0.2, 0) is 14.4 Å². The van der Waals surface area contributed by atoms with Crippen molar-refractivity contribution in [2.24, 2.45) is 11.3 Å². The van der Waals surface area contributed by atoms with Gasteiger partial charge in [0.2, 0.25) is 17.7 Å². The van der Waals surface area contributed by atoms with Crippen molar-refractivity contribution < 1.29 is 19.2 Å². The minimum atomic E-state index is -0.572. The summed E-state index contributed by atoms with van der Waals surface area (Å²) in [6.07, 6.45) is 6.99. The quantitative estimate of drug-likeness (QED) is 0.645. The second kappa shape index (κ2) is 10.5. The Hall–Kier alpha value is -2.97. The minimum Gasteiger partial charge on any atom is -0.351 e. The summed E-state index contributed by atoms with van der Waals surface area (Å²) in [6.45, 7) is 3.86. The van der Waals surface area contributed by atoms with E-state index >= 15 is 0 Å². The molecule has 0 bridgehead atoms. The Bertz CT molecular complexity index is 913. The summed E-state index contributed by atoms with van der Waals surface area (Å²) in [5, 5.41) is 5.97. The smallest absolute Gasteiger partial charge is 0.272 e. The first kappa shape index (κ1) is 24.2. The van der Waals surface area contributed by atoms with E-state index in [4.69, 9.17) is 0 Å². The van der Waals surface area contributed by atoms with Gasteiger partial charge in [0, 0.05) is 45.3 Å². The monoisotopic (exact) mass is 469 g/mol. The Morgan fingerprint density at radius 1 is 1.03 bits per heavy atom. The van der Waals surface area contributed by atoms with Gasteiger partial charge < -0.3 is 20.4 Å². The third-order valence-electron chi connectivity index (χ3n) is 7.79. The molecule has 0 saturated carbocycles. The molecule has 3 saturated heterocycles. The molecule has 1 aromatic heterocycles. The lowest BCUT2D eigenvalue weighted by atomic mass is 9.73. The number of piperidine rings is 2. The summed E-state index contributed by atoms with van der Waals surface area (Å²) < 4.78 is 0. The molecule has 9 heteroatoms. The van der Waals surface area contributed by atoms with E-state index in [9.17, 15) is 19.2 Å². The molecule has 3 fully saturated rings. The second-order valence-electron chi connectivity index (χ2n) is 9.90.